The molecule has 24 heavy (non-hydrogen) atoms. The van der Waals surface area contributed by atoms with E-state index in [2.05, 4.69) is 10.3 Å². The van der Waals surface area contributed by atoms with Crippen LogP contribution in [0.25, 0.3) is 0 Å². The molecule has 1 heterocycles. The summed E-state index contributed by atoms with van der Waals surface area (Å²) in [7, 11) is 0. The lowest BCUT2D eigenvalue weighted by Gasteiger charge is -2.20. The molecule has 0 fully saturated rings. The molecule has 0 atom stereocenters. The van der Waals surface area contributed by atoms with Gasteiger partial charge in [0.2, 0.25) is 0 Å². The van der Waals surface area contributed by atoms with Gasteiger partial charge in [0.15, 0.2) is 11.4 Å². The minimum absolute atomic E-state index is 0.120. The average Bonchev–Trinajstić information content (AvgIpc) is 3.03. The van der Waals surface area contributed by atoms with Gasteiger partial charge in [-0.25, -0.2) is 13.9 Å². The number of benzene rings is 1. The van der Waals surface area contributed by atoms with E-state index in [1.165, 1.54) is 38.1 Å². The molecule has 9 nitrogen and oxygen atoms in total. The van der Waals surface area contributed by atoms with Gasteiger partial charge in [-0.2, -0.15) is 5.10 Å². The summed E-state index contributed by atoms with van der Waals surface area (Å²) in [5, 5.41) is 18.0. The maximum absolute atomic E-state index is 12.8. The molecule has 0 amide bonds. The highest BCUT2D eigenvalue weighted by molar-refractivity contribution is 5.97. The van der Waals surface area contributed by atoms with Gasteiger partial charge in [0, 0.05) is 5.56 Å². The van der Waals surface area contributed by atoms with Gasteiger partial charge in [-0.05, 0) is 38.1 Å². The van der Waals surface area contributed by atoms with Crippen LogP contribution in [0, 0.1) is 15.9 Å². The number of aromatic nitrogens is 2. The van der Waals surface area contributed by atoms with Crippen LogP contribution in [0.4, 0.5) is 10.1 Å². The van der Waals surface area contributed by atoms with E-state index in [1.807, 2.05) is 0 Å². The first-order valence-electron chi connectivity index (χ1n) is 6.72. The van der Waals surface area contributed by atoms with E-state index < -0.39 is 22.2 Å². The standard InChI is InChI=1S/C14H14FN5O4/c1-14(2,19-8-11(7-17-19)20(22)23)13(21)24-18-12(16)9-3-5-10(15)6-4-9/h3-8H,1-2H3,(H2,16,18). The number of nitrogens with two attached hydrogens (primary N) is 1. The van der Waals surface area contributed by atoms with Gasteiger partial charge in [-0.1, -0.05) is 5.16 Å². The lowest BCUT2D eigenvalue weighted by atomic mass is 10.1. The zero-order valence-electron chi connectivity index (χ0n) is 12.8. The fraction of sp³-hybridized carbons (Fsp3) is 0.214. The lowest BCUT2D eigenvalue weighted by Crippen LogP contribution is -2.37. The molecular weight excluding hydrogens is 321 g/mol. The minimum atomic E-state index is -1.35. The number of nitrogens with zero attached hydrogens (tertiary/aromatic N) is 4. The molecule has 0 saturated heterocycles. The minimum Gasteiger partial charge on any atom is -0.380 e. The van der Waals surface area contributed by atoms with Crippen LogP contribution in [0.2, 0.25) is 0 Å². The van der Waals surface area contributed by atoms with Crippen LogP contribution in [0.3, 0.4) is 0 Å². The van der Waals surface area contributed by atoms with Crippen molar-refractivity contribution in [3.05, 3.63) is 58.2 Å². The highest BCUT2D eigenvalue weighted by Gasteiger charge is 2.34. The van der Waals surface area contributed by atoms with Crippen molar-refractivity contribution < 1.29 is 18.9 Å². The van der Waals surface area contributed by atoms with Gasteiger partial charge in [-0.3, -0.25) is 10.1 Å². The Bertz CT molecular complexity index is 798. The number of carbonyl (C=O) groups excluding carboxylic acids is 1. The largest absolute Gasteiger partial charge is 0.380 e. The molecule has 0 bridgehead atoms. The smallest absolute Gasteiger partial charge is 0.361 e. The molecule has 0 unspecified atom stereocenters. The van der Waals surface area contributed by atoms with Crippen molar-refractivity contribution in [3.63, 3.8) is 0 Å². The highest BCUT2D eigenvalue weighted by atomic mass is 19.1. The summed E-state index contributed by atoms with van der Waals surface area (Å²) in [6.45, 7) is 2.91. The van der Waals surface area contributed by atoms with Gasteiger partial charge in [0.1, 0.15) is 18.2 Å². The number of carbonyl (C=O) groups is 1. The molecule has 1 aromatic carbocycles. The van der Waals surface area contributed by atoms with Gasteiger partial charge in [0.05, 0.1) is 4.92 Å². The van der Waals surface area contributed by atoms with Crippen molar-refractivity contribution in [2.75, 3.05) is 0 Å². The number of nitro groups is 1. The van der Waals surface area contributed by atoms with E-state index in [9.17, 15) is 19.3 Å². The number of halogens is 1. The van der Waals surface area contributed by atoms with Crippen LogP contribution in [0.5, 0.6) is 0 Å². The number of rotatable bonds is 5. The Morgan fingerprint density at radius 1 is 1.42 bits per heavy atom. The van der Waals surface area contributed by atoms with Crippen LogP contribution in [0.1, 0.15) is 19.4 Å². The monoisotopic (exact) mass is 335 g/mol. The fourth-order valence-electron chi connectivity index (χ4n) is 1.68. The van der Waals surface area contributed by atoms with Crippen LogP contribution < -0.4 is 5.73 Å². The molecule has 0 aliphatic rings. The topological polar surface area (TPSA) is 126 Å². The van der Waals surface area contributed by atoms with E-state index >= 15 is 0 Å². The van der Waals surface area contributed by atoms with Crippen LogP contribution >= 0.6 is 0 Å². The molecule has 2 rings (SSSR count). The number of hydrogen-bond acceptors (Lipinski definition) is 6. The lowest BCUT2D eigenvalue weighted by molar-refractivity contribution is -0.385. The Morgan fingerprint density at radius 3 is 2.58 bits per heavy atom. The van der Waals surface area contributed by atoms with Crippen molar-refractivity contribution in [2.45, 2.75) is 19.4 Å². The van der Waals surface area contributed by atoms with E-state index in [1.54, 1.807) is 0 Å². The van der Waals surface area contributed by atoms with Crippen LogP contribution in [-0.2, 0) is 15.2 Å². The predicted octanol–water partition coefficient (Wildman–Crippen LogP) is 1.53. The number of oxime groups is 1. The summed E-state index contributed by atoms with van der Waals surface area (Å²) in [5.41, 5.74) is 4.42. The molecule has 1 aromatic heterocycles. The first-order valence-corrected chi connectivity index (χ1v) is 6.72. The molecule has 0 radical (unpaired) electrons. The van der Waals surface area contributed by atoms with Gasteiger partial charge in [0.25, 0.3) is 0 Å². The Balaban J connectivity index is 2.13. The van der Waals surface area contributed by atoms with E-state index in [0.717, 1.165) is 17.1 Å². The maximum atomic E-state index is 12.8. The quantitative estimate of drug-likeness (QED) is 0.290. The molecule has 126 valence electrons. The maximum Gasteiger partial charge on any atom is 0.361 e. The molecular formula is C14H14FN5O4. The summed E-state index contributed by atoms with van der Waals surface area (Å²) < 4.78 is 13.9. The van der Waals surface area contributed by atoms with E-state index in [4.69, 9.17) is 10.6 Å². The van der Waals surface area contributed by atoms with Crippen molar-refractivity contribution in [3.8, 4) is 0 Å². The summed E-state index contributed by atoms with van der Waals surface area (Å²) in [6.07, 6.45) is 2.12. The molecule has 0 saturated carbocycles. The molecule has 10 heteroatoms. The summed E-state index contributed by atoms with van der Waals surface area (Å²) >= 11 is 0. The molecule has 0 aliphatic carbocycles. The molecule has 0 aliphatic heterocycles. The Labute approximate surface area is 135 Å². The van der Waals surface area contributed by atoms with Gasteiger partial charge >= 0.3 is 11.7 Å². The fourth-order valence-corrected chi connectivity index (χ4v) is 1.68. The second-order valence-electron chi connectivity index (χ2n) is 5.32. The van der Waals surface area contributed by atoms with Gasteiger partial charge in [-0.15, -0.1) is 0 Å². The van der Waals surface area contributed by atoms with E-state index in [-0.39, 0.29) is 11.5 Å². The SMILES string of the molecule is CC(C)(C(=O)O/N=C(\N)c1ccc(F)cc1)n1cc([N+](=O)[O-])cn1. The zero-order chi connectivity index (χ0) is 17.9. The second kappa shape index (κ2) is 6.44. The number of amidine groups is 1. The predicted molar refractivity (Wildman–Crippen MR) is 81.4 cm³/mol. The van der Waals surface area contributed by atoms with Crippen molar-refractivity contribution in [1.29, 1.82) is 0 Å². The van der Waals surface area contributed by atoms with Crippen molar-refractivity contribution in [1.82, 2.24) is 9.78 Å². The molecule has 2 aromatic rings. The zero-order valence-corrected chi connectivity index (χ0v) is 12.8. The summed E-state index contributed by atoms with van der Waals surface area (Å²) in [4.78, 5) is 27.0. The van der Waals surface area contributed by atoms with Crippen LogP contribution in [0.15, 0.2) is 41.8 Å². The molecule has 0 spiro atoms. The second-order valence-corrected chi connectivity index (χ2v) is 5.32. The first kappa shape index (κ1) is 17.1. The molecule has 2 N–H and O–H groups in total. The average molecular weight is 335 g/mol. The number of hydrogen-bond donors (Lipinski definition) is 1. The Hall–Kier alpha value is -3.30. The van der Waals surface area contributed by atoms with Crippen molar-refractivity contribution >= 4 is 17.5 Å². The van der Waals surface area contributed by atoms with E-state index in [0.29, 0.717) is 5.56 Å². The Morgan fingerprint density at radius 2 is 2.04 bits per heavy atom. The Kier molecular flexibility index (Phi) is 4.58. The third-order valence-electron chi connectivity index (χ3n) is 3.22. The first-order chi connectivity index (χ1) is 11.2. The normalized spacial score (nSPS) is 12.0. The third-order valence-corrected chi connectivity index (χ3v) is 3.22. The van der Waals surface area contributed by atoms with Crippen LogP contribution in [-0.4, -0.2) is 26.5 Å². The summed E-state index contributed by atoms with van der Waals surface area (Å²) in [5.74, 6) is -1.39. The van der Waals surface area contributed by atoms with Gasteiger partial charge < -0.3 is 10.6 Å². The highest BCUT2D eigenvalue weighted by Crippen LogP contribution is 2.20. The van der Waals surface area contributed by atoms with Crippen molar-refractivity contribution in [2.24, 2.45) is 10.9 Å². The summed E-state index contributed by atoms with van der Waals surface area (Å²) in [6, 6.07) is 5.13. The third kappa shape index (κ3) is 3.54.